The Morgan fingerprint density at radius 1 is 0.444 bits per heavy atom. The molecule has 0 spiro atoms. The molecule has 0 atom stereocenters. The minimum atomic E-state index is -0.187. The van der Waals surface area contributed by atoms with Crippen LogP contribution in [0.15, 0.2) is 158 Å². The van der Waals surface area contributed by atoms with E-state index in [0.29, 0.717) is 0 Å². The maximum atomic E-state index is 2.55. The Morgan fingerprint density at radius 2 is 0.956 bits per heavy atom. The minimum Gasteiger partial charge on any atom is -0.310 e. The van der Waals surface area contributed by atoms with Crippen molar-refractivity contribution in [3.05, 3.63) is 169 Å². The molecule has 3 heterocycles. The van der Waals surface area contributed by atoms with E-state index in [0.717, 1.165) is 0 Å². The standard InChI is InChI=1S/C43H32N2/c1-43(2)36-18-10-12-20-38(36)45-40(33-23-21-31(22-24-33)29-13-5-3-6-14-29)39-35-17-9-11-19-37(35)44(41(39)42(43)45)34-27-25-32(26-28-34)30-15-7-4-8-16-30/h3-28H,1-2H3. The Labute approximate surface area is 263 Å². The number of nitrogens with zero attached hydrogens (tertiary/aromatic N) is 2. The maximum Gasteiger partial charge on any atom is 0.0770 e. The largest absolute Gasteiger partial charge is 0.310 e. The lowest BCUT2D eigenvalue weighted by atomic mass is 9.83. The molecule has 8 aromatic rings. The van der Waals surface area contributed by atoms with E-state index in [-0.39, 0.29) is 5.41 Å². The van der Waals surface area contributed by atoms with E-state index in [2.05, 4.69) is 181 Å². The van der Waals surface area contributed by atoms with Gasteiger partial charge >= 0.3 is 0 Å². The molecular formula is C43H32N2. The van der Waals surface area contributed by atoms with Crippen LogP contribution in [0.5, 0.6) is 0 Å². The molecule has 1 aliphatic rings. The highest BCUT2D eigenvalue weighted by atomic mass is 15.1. The van der Waals surface area contributed by atoms with E-state index in [9.17, 15) is 0 Å². The van der Waals surface area contributed by atoms with Crippen molar-refractivity contribution >= 4 is 21.8 Å². The first-order chi connectivity index (χ1) is 22.1. The highest BCUT2D eigenvalue weighted by Crippen LogP contribution is 2.53. The van der Waals surface area contributed by atoms with E-state index in [1.807, 2.05) is 0 Å². The number of hydrogen-bond donors (Lipinski definition) is 0. The van der Waals surface area contributed by atoms with Gasteiger partial charge in [-0.3, -0.25) is 0 Å². The molecule has 9 rings (SSSR count). The van der Waals surface area contributed by atoms with Crippen molar-refractivity contribution in [1.29, 1.82) is 0 Å². The Morgan fingerprint density at radius 3 is 1.62 bits per heavy atom. The van der Waals surface area contributed by atoms with Crippen LogP contribution in [0, 0.1) is 0 Å². The van der Waals surface area contributed by atoms with Crippen LogP contribution in [-0.4, -0.2) is 9.13 Å². The van der Waals surface area contributed by atoms with Crippen molar-refractivity contribution in [3.63, 3.8) is 0 Å². The molecule has 2 aromatic heterocycles. The molecule has 0 saturated carbocycles. The second-order valence-corrected chi connectivity index (χ2v) is 12.6. The quantitative estimate of drug-likeness (QED) is 0.197. The third-order valence-corrected chi connectivity index (χ3v) is 9.69. The van der Waals surface area contributed by atoms with Crippen LogP contribution < -0.4 is 0 Å². The van der Waals surface area contributed by atoms with Crippen molar-refractivity contribution in [2.24, 2.45) is 0 Å². The Balaban J connectivity index is 1.36. The fourth-order valence-corrected chi connectivity index (χ4v) is 7.60. The topological polar surface area (TPSA) is 9.86 Å². The molecule has 0 N–H and O–H groups in total. The first-order valence-electron chi connectivity index (χ1n) is 15.7. The first kappa shape index (κ1) is 25.9. The van der Waals surface area contributed by atoms with Gasteiger partial charge in [0.15, 0.2) is 0 Å². The SMILES string of the molecule is CC1(C)c2ccccc2-n2c(-c3ccc(-c4ccccc4)cc3)c3c4ccccc4n(-c4ccc(-c5ccccc5)cc4)c3c21. The number of rotatable bonds is 4. The molecular weight excluding hydrogens is 544 g/mol. The van der Waals surface area contributed by atoms with E-state index in [1.165, 1.54) is 77.9 Å². The summed E-state index contributed by atoms with van der Waals surface area (Å²) in [7, 11) is 0. The van der Waals surface area contributed by atoms with Crippen LogP contribution in [0.3, 0.4) is 0 Å². The molecule has 1 aliphatic heterocycles. The van der Waals surface area contributed by atoms with Gasteiger partial charge < -0.3 is 9.13 Å². The van der Waals surface area contributed by atoms with E-state index in [1.54, 1.807) is 0 Å². The first-order valence-corrected chi connectivity index (χ1v) is 15.7. The average molecular weight is 577 g/mol. The van der Waals surface area contributed by atoms with E-state index < -0.39 is 0 Å². The molecule has 0 amide bonds. The van der Waals surface area contributed by atoms with E-state index in [4.69, 9.17) is 0 Å². The Hall–Kier alpha value is -5.60. The van der Waals surface area contributed by atoms with Crippen LogP contribution in [0.1, 0.15) is 25.1 Å². The molecule has 0 fully saturated rings. The van der Waals surface area contributed by atoms with Crippen molar-refractivity contribution in [1.82, 2.24) is 9.13 Å². The molecule has 0 unspecified atom stereocenters. The molecule has 45 heavy (non-hydrogen) atoms. The van der Waals surface area contributed by atoms with E-state index >= 15 is 0 Å². The van der Waals surface area contributed by atoms with Gasteiger partial charge in [-0.05, 0) is 57.6 Å². The van der Waals surface area contributed by atoms with Crippen molar-refractivity contribution in [2.45, 2.75) is 19.3 Å². The normalized spacial score (nSPS) is 13.3. The van der Waals surface area contributed by atoms with Crippen molar-refractivity contribution in [3.8, 4) is 44.9 Å². The zero-order valence-corrected chi connectivity index (χ0v) is 25.4. The molecule has 0 radical (unpaired) electrons. The Bertz CT molecular complexity index is 2350. The molecule has 214 valence electrons. The lowest BCUT2D eigenvalue weighted by Crippen LogP contribution is -2.16. The summed E-state index contributed by atoms with van der Waals surface area (Å²) in [5, 5.41) is 2.58. The Kier molecular flexibility index (Phi) is 5.58. The van der Waals surface area contributed by atoms with Crippen LogP contribution >= 0.6 is 0 Å². The van der Waals surface area contributed by atoms with Gasteiger partial charge in [-0.25, -0.2) is 0 Å². The zero-order valence-electron chi connectivity index (χ0n) is 25.4. The second-order valence-electron chi connectivity index (χ2n) is 12.6. The number of para-hydroxylation sites is 2. The molecule has 0 bridgehead atoms. The minimum absolute atomic E-state index is 0.187. The van der Waals surface area contributed by atoms with Crippen molar-refractivity contribution < 1.29 is 0 Å². The van der Waals surface area contributed by atoms with Gasteiger partial charge in [-0.1, -0.05) is 147 Å². The van der Waals surface area contributed by atoms with Crippen molar-refractivity contribution in [2.75, 3.05) is 0 Å². The van der Waals surface area contributed by atoms with Gasteiger partial charge in [0.05, 0.1) is 28.1 Å². The number of fused-ring (bicyclic) bond motifs is 7. The summed E-state index contributed by atoms with van der Waals surface area (Å²) >= 11 is 0. The van der Waals surface area contributed by atoms with Crippen LogP contribution in [-0.2, 0) is 5.41 Å². The van der Waals surface area contributed by atoms with Gasteiger partial charge in [-0.15, -0.1) is 0 Å². The summed E-state index contributed by atoms with van der Waals surface area (Å²) < 4.78 is 5.06. The van der Waals surface area contributed by atoms with Gasteiger partial charge in [0, 0.05) is 21.9 Å². The zero-order chi connectivity index (χ0) is 30.1. The number of aromatic nitrogens is 2. The highest BCUT2D eigenvalue weighted by Gasteiger charge is 2.42. The predicted octanol–water partition coefficient (Wildman–Crippen LogP) is 11.2. The molecule has 0 aliphatic carbocycles. The third kappa shape index (κ3) is 3.76. The summed E-state index contributed by atoms with van der Waals surface area (Å²) in [6.45, 7) is 4.76. The maximum absolute atomic E-state index is 2.55. The smallest absolute Gasteiger partial charge is 0.0770 e. The summed E-state index contributed by atoms with van der Waals surface area (Å²) in [4.78, 5) is 0. The van der Waals surface area contributed by atoms with Crippen LogP contribution in [0.25, 0.3) is 66.7 Å². The summed E-state index contributed by atoms with van der Waals surface area (Å²) in [6, 6.07) is 57.3. The number of hydrogen-bond acceptors (Lipinski definition) is 0. The summed E-state index contributed by atoms with van der Waals surface area (Å²) in [5.74, 6) is 0. The molecule has 0 saturated heterocycles. The predicted molar refractivity (Wildman–Crippen MR) is 189 cm³/mol. The van der Waals surface area contributed by atoms with Gasteiger partial charge in [0.2, 0.25) is 0 Å². The van der Waals surface area contributed by atoms with Crippen LogP contribution in [0.2, 0.25) is 0 Å². The van der Waals surface area contributed by atoms with Crippen LogP contribution in [0.4, 0.5) is 0 Å². The lowest BCUT2D eigenvalue weighted by Gasteiger charge is -2.21. The third-order valence-electron chi connectivity index (χ3n) is 9.69. The molecule has 6 aromatic carbocycles. The fraction of sp³-hybridized carbons (Fsp3) is 0.0698. The summed E-state index contributed by atoms with van der Waals surface area (Å²) in [6.07, 6.45) is 0. The molecule has 2 nitrogen and oxygen atoms in total. The highest BCUT2D eigenvalue weighted by molar-refractivity contribution is 6.18. The van der Waals surface area contributed by atoms with Gasteiger partial charge in [-0.2, -0.15) is 0 Å². The second kappa shape index (κ2) is 9.70. The monoisotopic (exact) mass is 576 g/mol. The van der Waals surface area contributed by atoms with Gasteiger partial charge in [0.25, 0.3) is 0 Å². The number of benzene rings is 6. The fourth-order valence-electron chi connectivity index (χ4n) is 7.60. The lowest BCUT2D eigenvalue weighted by molar-refractivity contribution is 0.646. The summed E-state index contributed by atoms with van der Waals surface area (Å²) in [5.41, 5.74) is 14.9. The van der Waals surface area contributed by atoms with Gasteiger partial charge in [0.1, 0.15) is 0 Å². The molecule has 2 heteroatoms. The average Bonchev–Trinajstić information content (AvgIpc) is 3.70.